The van der Waals surface area contributed by atoms with Crippen molar-refractivity contribution in [3.63, 3.8) is 0 Å². The average molecular weight is 295 g/mol. The van der Waals surface area contributed by atoms with Crippen LogP contribution in [0.3, 0.4) is 0 Å². The number of likely N-dealkylation sites (tertiary alicyclic amines) is 1. The van der Waals surface area contributed by atoms with E-state index in [4.69, 9.17) is 5.11 Å². The molecule has 2 rings (SSSR count). The largest absolute Gasteiger partial charge is 0.396 e. The summed E-state index contributed by atoms with van der Waals surface area (Å²) in [4.78, 5) is 23.2. The highest BCUT2D eigenvalue weighted by molar-refractivity contribution is 7.98. The zero-order valence-electron chi connectivity index (χ0n) is 12.2. The number of hydrogen-bond donors (Lipinski definition) is 1. The number of thioether (sulfide) groups is 1. The van der Waals surface area contributed by atoms with Crippen molar-refractivity contribution in [2.24, 2.45) is 5.92 Å². The van der Waals surface area contributed by atoms with Gasteiger partial charge in [0.1, 0.15) is 10.9 Å². The Kier molecular flexibility index (Phi) is 4.99. The van der Waals surface area contributed by atoms with Crippen LogP contribution in [0.1, 0.15) is 34.7 Å². The molecule has 0 aliphatic carbocycles. The molecule has 1 fully saturated rings. The Morgan fingerprint density at radius 3 is 2.55 bits per heavy atom. The van der Waals surface area contributed by atoms with Crippen molar-refractivity contribution in [1.29, 1.82) is 0 Å². The summed E-state index contributed by atoms with van der Waals surface area (Å²) < 4.78 is 0. The highest BCUT2D eigenvalue weighted by Gasteiger charge is 2.26. The predicted molar refractivity (Wildman–Crippen MR) is 79.0 cm³/mol. The van der Waals surface area contributed by atoms with E-state index in [0.717, 1.165) is 23.6 Å². The molecule has 0 aromatic carbocycles. The molecule has 1 N–H and O–H groups in total. The molecule has 1 amide bonds. The number of aryl methyl sites for hydroxylation is 2. The first-order chi connectivity index (χ1) is 9.56. The van der Waals surface area contributed by atoms with Gasteiger partial charge in [-0.25, -0.2) is 9.97 Å². The Bertz CT molecular complexity index is 499. The van der Waals surface area contributed by atoms with Gasteiger partial charge in [-0.05, 0) is 38.9 Å². The third-order valence-electron chi connectivity index (χ3n) is 3.74. The average Bonchev–Trinajstić information content (AvgIpc) is 2.46. The van der Waals surface area contributed by atoms with Gasteiger partial charge >= 0.3 is 0 Å². The van der Waals surface area contributed by atoms with Crippen molar-refractivity contribution in [3.05, 3.63) is 17.1 Å². The highest BCUT2D eigenvalue weighted by atomic mass is 32.2. The van der Waals surface area contributed by atoms with Crippen LogP contribution in [0.15, 0.2) is 5.03 Å². The van der Waals surface area contributed by atoms with Crippen LogP contribution in [0, 0.1) is 19.8 Å². The highest BCUT2D eigenvalue weighted by Crippen LogP contribution is 2.24. The van der Waals surface area contributed by atoms with E-state index in [-0.39, 0.29) is 12.5 Å². The lowest BCUT2D eigenvalue weighted by Gasteiger charge is -2.31. The van der Waals surface area contributed by atoms with Crippen molar-refractivity contribution >= 4 is 17.7 Å². The molecule has 0 radical (unpaired) electrons. The lowest BCUT2D eigenvalue weighted by Crippen LogP contribution is -2.40. The van der Waals surface area contributed by atoms with Crippen LogP contribution in [0.25, 0.3) is 0 Å². The van der Waals surface area contributed by atoms with Gasteiger partial charge in [-0.3, -0.25) is 4.79 Å². The molecule has 1 aliphatic heterocycles. The molecule has 0 saturated carbocycles. The number of carbonyl (C=O) groups excluding carboxylic acids is 1. The number of carbonyl (C=O) groups is 1. The quantitative estimate of drug-likeness (QED) is 0.678. The topological polar surface area (TPSA) is 66.3 Å². The third kappa shape index (κ3) is 3.12. The Morgan fingerprint density at radius 2 is 2.00 bits per heavy atom. The molecule has 1 aromatic heterocycles. The zero-order valence-corrected chi connectivity index (χ0v) is 13.0. The van der Waals surface area contributed by atoms with Gasteiger partial charge in [0, 0.05) is 19.7 Å². The molecule has 110 valence electrons. The molecule has 2 heterocycles. The van der Waals surface area contributed by atoms with E-state index < -0.39 is 0 Å². The molecule has 0 unspecified atom stereocenters. The van der Waals surface area contributed by atoms with Crippen LogP contribution >= 0.6 is 11.8 Å². The van der Waals surface area contributed by atoms with E-state index in [0.29, 0.717) is 30.4 Å². The number of piperidine rings is 1. The fourth-order valence-corrected chi connectivity index (χ4v) is 3.21. The Balaban J connectivity index is 2.21. The fourth-order valence-electron chi connectivity index (χ4n) is 2.55. The van der Waals surface area contributed by atoms with E-state index in [1.165, 1.54) is 11.8 Å². The van der Waals surface area contributed by atoms with Gasteiger partial charge in [0.05, 0.1) is 11.3 Å². The molecular weight excluding hydrogens is 274 g/mol. The van der Waals surface area contributed by atoms with Crippen molar-refractivity contribution < 1.29 is 9.90 Å². The van der Waals surface area contributed by atoms with E-state index in [1.807, 2.05) is 25.0 Å². The maximum atomic E-state index is 12.7. The number of nitrogens with zero attached hydrogens (tertiary/aromatic N) is 3. The summed E-state index contributed by atoms with van der Waals surface area (Å²) in [7, 11) is 0. The number of amides is 1. The molecule has 20 heavy (non-hydrogen) atoms. The summed E-state index contributed by atoms with van der Waals surface area (Å²) >= 11 is 1.48. The summed E-state index contributed by atoms with van der Waals surface area (Å²) in [5, 5.41) is 9.92. The second-order valence-corrected chi connectivity index (χ2v) is 5.95. The van der Waals surface area contributed by atoms with Gasteiger partial charge in [-0.2, -0.15) is 0 Å². The zero-order chi connectivity index (χ0) is 14.7. The van der Waals surface area contributed by atoms with E-state index >= 15 is 0 Å². The minimum Gasteiger partial charge on any atom is -0.396 e. The lowest BCUT2D eigenvalue weighted by atomic mass is 9.97. The first-order valence-electron chi connectivity index (χ1n) is 6.86. The maximum Gasteiger partial charge on any atom is 0.258 e. The van der Waals surface area contributed by atoms with Gasteiger partial charge in [-0.1, -0.05) is 0 Å². The van der Waals surface area contributed by atoms with Gasteiger partial charge < -0.3 is 10.0 Å². The Hall–Kier alpha value is -1.14. The molecule has 5 nitrogen and oxygen atoms in total. The van der Waals surface area contributed by atoms with Crippen molar-refractivity contribution in [3.8, 4) is 0 Å². The molecule has 0 bridgehead atoms. The van der Waals surface area contributed by atoms with Crippen LogP contribution < -0.4 is 0 Å². The van der Waals surface area contributed by atoms with Gasteiger partial charge in [0.15, 0.2) is 0 Å². The van der Waals surface area contributed by atoms with E-state index in [9.17, 15) is 4.79 Å². The molecule has 0 atom stereocenters. The molecular formula is C14H21N3O2S. The Labute approximate surface area is 123 Å². The van der Waals surface area contributed by atoms with Crippen LogP contribution in [0.2, 0.25) is 0 Å². The molecule has 1 aromatic rings. The van der Waals surface area contributed by atoms with Crippen molar-refractivity contribution in [2.45, 2.75) is 31.7 Å². The minimum atomic E-state index is 0.0169. The Morgan fingerprint density at radius 1 is 1.35 bits per heavy atom. The van der Waals surface area contributed by atoms with Crippen LogP contribution in [0.4, 0.5) is 0 Å². The number of rotatable bonds is 3. The number of aliphatic hydroxyl groups excluding tert-OH is 1. The second-order valence-electron chi connectivity index (χ2n) is 5.16. The van der Waals surface area contributed by atoms with Crippen molar-refractivity contribution in [2.75, 3.05) is 26.0 Å². The molecule has 1 saturated heterocycles. The summed E-state index contributed by atoms with van der Waals surface area (Å²) in [5.41, 5.74) is 1.38. The van der Waals surface area contributed by atoms with Crippen molar-refractivity contribution in [1.82, 2.24) is 14.9 Å². The second kappa shape index (κ2) is 6.54. The number of hydrogen-bond acceptors (Lipinski definition) is 5. The minimum absolute atomic E-state index is 0.0169. The number of aromatic nitrogens is 2. The van der Waals surface area contributed by atoms with Crippen LogP contribution in [0.5, 0.6) is 0 Å². The summed E-state index contributed by atoms with van der Waals surface area (Å²) in [6.07, 6.45) is 3.65. The summed E-state index contributed by atoms with van der Waals surface area (Å²) in [6.45, 7) is 5.32. The van der Waals surface area contributed by atoms with E-state index in [1.54, 1.807) is 0 Å². The predicted octanol–water partition coefficient (Wildman–Crippen LogP) is 1.66. The summed E-state index contributed by atoms with van der Waals surface area (Å²) in [6, 6.07) is 0. The lowest BCUT2D eigenvalue weighted by molar-refractivity contribution is 0.0645. The first-order valence-corrected chi connectivity index (χ1v) is 8.08. The van der Waals surface area contributed by atoms with Gasteiger partial charge in [0.2, 0.25) is 0 Å². The van der Waals surface area contributed by atoms with Gasteiger partial charge in [0.25, 0.3) is 5.91 Å². The molecule has 1 aliphatic rings. The monoisotopic (exact) mass is 295 g/mol. The van der Waals surface area contributed by atoms with Crippen LogP contribution in [-0.4, -0.2) is 51.8 Å². The SMILES string of the molecule is CSc1nc(C)nc(C)c1C(=O)N1CCC(CO)CC1. The molecule has 0 spiro atoms. The normalized spacial score (nSPS) is 16.5. The first kappa shape index (κ1) is 15.3. The smallest absolute Gasteiger partial charge is 0.258 e. The number of aliphatic hydroxyl groups is 1. The summed E-state index contributed by atoms with van der Waals surface area (Å²) in [5.74, 6) is 1.04. The molecule has 6 heteroatoms. The van der Waals surface area contributed by atoms with Crippen LogP contribution in [-0.2, 0) is 0 Å². The third-order valence-corrected chi connectivity index (χ3v) is 4.42. The van der Waals surface area contributed by atoms with Gasteiger partial charge in [-0.15, -0.1) is 11.8 Å². The standard InChI is InChI=1S/C14H21N3O2S/c1-9-12(13(20-3)16-10(2)15-9)14(19)17-6-4-11(8-18)5-7-17/h11,18H,4-8H2,1-3H3. The van der Waals surface area contributed by atoms with E-state index in [2.05, 4.69) is 9.97 Å². The fraction of sp³-hybridized carbons (Fsp3) is 0.643. The maximum absolute atomic E-state index is 12.7.